The molecule has 6 nitrogen and oxygen atoms in total. The van der Waals surface area contributed by atoms with Crippen LogP contribution >= 0.6 is 11.6 Å². The lowest BCUT2D eigenvalue weighted by Crippen LogP contribution is -2.34. The average molecular weight is 438 g/mol. The first-order valence-electron chi connectivity index (χ1n) is 10.2. The Bertz CT molecular complexity index is 981. The number of aromatic nitrogens is 1. The molecule has 2 aromatic carbocycles. The quantitative estimate of drug-likeness (QED) is 0.454. The van der Waals surface area contributed by atoms with Crippen LogP contribution in [0.4, 0.5) is 10.5 Å². The van der Waals surface area contributed by atoms with Crippen molar-refractivity contribution in [1.29, 1.82) is 0 Å². The normalized spacial score (nSPS) is 13.6. The van der Waals surface area contributed by atoms with Crippen molar-refractivity contribution in [2.24, 2.45) is 0 Å². The maximum atomic E-state index is 12.5. The third-order valence-corrected chi connectivity index (χ3v) is 5.36. The number of rotatable bonds is 9. The second kappa shape index (κ2) is 10.3. The fourth-order valence-corrected chi connectivity index (χ4v) is 3.56. The molecule has 1 aliphatic heterocycles. The van der Waals surface area contributed by atoms with Crippen LogP contribution in [0.25, 0.3) is 11.1 Å². The highest BCUT2D eigenvalue weighted by atomic mass is 35.5. The molecule has 7 heteroatoms. The summed E-state index contributed by atoms with van der Waals surface area (Å²) in [4.78, 5) is 20.1. The van der Waals surface area contributed by atoms with E-state index in [9.17, 15) is 4.79 Å². The summed E-state index contributed by atoms with van der Waals surface area (Å²) in [5, 5.41) is 0.726. The second-order valence-electron chi connectivity index (χ2n) is 7.12. The van der Waals surface area contributed by atoms with Gasteiger partial charge in [-0.25, -0.2) is 4.79 Å². The van der Waals surface area contributed by atoms with Crippen LogP contribution in [0.15, 0.2) is 73.1 Å². The summed E-state index contributed by atoms with van der Waals surface area (Å²) in [6.45, 7) is 3.34. The van der Waals surface area contributed by atoms with Gasteiger partial charge in [-0.05, 0) is 47.5 Å². The molecule has 3 aromatic rings. The number of hydrogen-bond donors (Lipinski definition) is 0. The minimum absolute atomic E-state index is 0.00632. The van der Waals surface area contributed by atoms with Gasteiger partial charge in [-0.15, -0.1) is 0 Å². The minimum atomic E-state index is 0.00632. The van der Waals surface area contributed by atoms with Gasteiger partial charge in [0.15, 0.2) is 0 Å². The van der Waals surface area contributed by atoms with Gasteiger partial charge in [-0.2, -0.15) is 0 Å². The Morgan fingerprint density at radius 3 is 2.23 bits per heavy atom. The number of amides is 2. The van der Waals surface area contributed by atoms with Gasteiger partial charge in [-0.3, -0.25) is 9.88 Å². The molecule has 0 saturated carbocycles. The number of carbonyl (C=O) groups excluding carboxylic acids is 1. The molecule has 0 bridgehead atoms. The van der Waals surface area contributed by atoms with Crippen molar-refractivity contribution in [2.75, 3.05) is 44.4 Å². The Hall–Kier alpha value is -3.09. The Kier molecular flexibility index (Phi) is 7.02. The average Bonchev–Trinajstić information content (AvgIpc) is 3.18. The first-order valence-corrected chi connectivity index (χ1v) is 10.6. The number of pyridine rings is 1. The lowest BCUT2D eigenvalue weighted by molar-refractivity contribution is 0.0887. The molecule has 4 rings (SSSR count). The van der Waals surface area contributed by atoms with Crippen molar-refractivity contribution >= 4 is 23.3 Å². The molecular formula is C24H24ClN3O3. The summed E-state index contributed by atoms with van der Waals surface area (Å²) in [6, 6.07) is 19.4. The molecule has 0 atom stereocenters. The van der Waals surface area contributed by atoms with E-state index in [1.54, 1.807) is 22.2 Å². The fraction of sp³-hybridized carbons (Fsp3) is 0.250. The summed E-state index contributed by atoms with van der Waals surface area (Å²) >= 11 is 5.94. The van der Waals surface area contributed by atoms with Crippen molar-refractivity contribution in [3.05, 3.63) is 78.1 Å². The van der Waals surface area contributed by atoms with Crippen LogP contribution in [0.1, 0.15) is 0 Å². The predicted molar refractivity (Wildman–Crippen MR) is 122 cm³/mol. The Balaban J connectivity index is 1.14. The van der Waals surface area contributed by atoms with Crippen molar-refractivity contribution in [3.63, 3.8) is 0 Å². The van der Waals surface area contributed by atoms with E-state index >= 15 is 0 Å². The number of benzene rings is 2. The molecule has 0 unspecified atom stereocenters. The van der Waals surface area contributed by atoms with E-state index < -0.39 is 0 Å². The third-order valence-electron chi connectivity index (χ3n) is 5.10. The van der Waals surface area contributed by atoms with Crippen molar-refractivity contribution in [3.8, 4) is 16.9 Å². The van der Waals surface area contributed by atoms with Gasteiger partial charge >= 0.3 is 6.03 Å². The maximum Gasteiger partial charge on any atom is 0.324 e. The van der Waals surface area contributed by atoms with Crippen LogP contribution < -0.4 is 9.64 Å². The van der Waals surface area contributed by atoms with E-state index in [1.807, 2.05) is 60.7 Å². The van der Waals surface area contributed by atoms with E-state index in [1.165, 1.54) is 0 Å². The van der Waals surface area contributed by atoms with Crippen LogP contribution in [0.3, 0.4) is 0 Å². The van der Waals surface area contributed by atoms with E-state index in [2.05, 4.69) is 4.98 Å². The molecule has 31 heavy (non-hydrogen) atoms. The molecule has 160 valence electrons. The molecule has 0 spiro atoms. The molecule has 0 N–H and O–H groups in total. The Labute approximate surface area is 187 Å². The van der Waals surface area contributed by atoms with E-state index in [0.29, 0.717) is 39.5 Å². The highest BCUT2D eigenvalue weighted by molar-refractivity contribution is 6.30. The number of urea groups is 1. The lowest BCUT2D eigenvalue weighted by Gasteiger charge is -2.18. The second-order valence-corrected chi connectivity index (χ2v) is 7.56. The minimum Gasteiger partial charge on any atom is -0.491 e. The topological polar surface area (TPSA) is 54.9 Å². The zero-order valence-electron chi connectivity index (χ0n) is 17.1. The molecular weight excluding hydrogens is 414 g/mol. The molecule has 2 heterocycles. The SMILES string of the molecule is O=C1N(CCOCCOc2ccc(-c3ccc(Cl)cc3)cc2)CCN1c1ccncc1. The van der Waals surface area contributed by atoms with Crippen molar-refractivity contribution < 1.29 is 14.3 Å². The summed E-state index contributed by atoms with van der Waals surface area (Å²) in [7, 11) is 0. The molecule has 1 aromatic heterocycles. The summed E-state index contributed by atoms with van der Waals surface area (Å²) < 4.78 is 11.4. The first-order chi connectivity index (χ1) is 15.2. The van der Waals surface area contributed by atoms with E-state index in [-0.39, 0.29) is 6.03 Å². The van der Waals surface area contributed by atoms with Gasteiger partial charge in [0.25, 0.3) is 0 Å². The number of anilines is 1. The molecule has 1 aliphatic rings. The molecule has 1 fully saturated rings. The third kappa shape index (κ3) is 5.54. The van der Waals surface area contributed by atoms with Crippen molar-refractivity contribution in [2.45, 2.75) is 0 Å². The Morgan fingerprint density at radius 1 is 0.839 bits per heavy atom. The molecule has 0 aliphatic carbocycles. The van der Waals surface area contributed by atoms with Gasteiger partial charge in [0, 0.05) is 42.7 Å². The van der Waals surface area contributed by atoms with Crippen LogP contribution in [0, 0.1) is 0 Å². The molecule has 1 saturated heterocycles. The zero-order valence-corrected chi connectivity index (χ0v) is 17.9. The number of ether oxygens (including phenoxy) is 2. The maximum absolute atomic E-state index is 12.5. The van der Waals surface area contributed by atoms with Gasteiger partial charge in [-0.1, -0.05) is 35.9 Å². The summed E-state index contributed by atoms with van der Waals surface area (Å²) in [5.41, 5.74) is 3.09. The smallest absolute Gasteiger partial charge is 0.324 e. The van der Waals surface area contributed by atoms with Gasteiger partial charge in [0.05, 0.1) is 13.2 Å². The highest BCUT2D eigenvalue weighted by Crippen LogP contribution is 2.24. The van der Waals surface area contributed by atoms with E-state index in [4.69, 9.17) is 21.1 Å². The summed E-state index contributed by atoms with van der Waals surface area (Å²) in [6.07, 6.45) is 3.39. The van der Waals surface area contributed by atoms with Crippen LogP contribution in [0.2, 0.25) is 5.02 Å². The Morgan fingerprint density at radius 2 is 1.52 bits per heavy atom. The largest absolute Gasteiger partial charge is 0.491 e. The zero-order chi connectivity index (χ0) is 21.5. The summed E-state index contributed by atoms with van der Waals surface area (Å²) in [5.74, 6) is 0.795. The number of hydrogen-bond acceptors (Lipinski definition) is 4. The van der Waals surface area contributed by atoms with Crippen LogP contribution in [0.5, 0.6) is 5.75 Å². The fourth-order valence-electron chi connectivity index (χ4n) is 3.43. The standard InChI is InChI=1S/C24H24ClN3O3/c25-21-5-1-19(2-6-21)20-3-7-23(8-4-20)31-18-17-30-16-15-27-13-14-28(24(27)29)22-9-11-26-12-10-22/h1-12H,13-18H2. The van der Waals surface area contributed by atoms with Crippen LogP contribution in [-0.4, -0.2) is 55.4 Å². The monoisotopic (exact) mass is 437 g/mol. The van der Waals surface area contributed by atoms with Gasteiger partial charge in [0.2, 0.25) is 0 Å². The number of carbonyl (C=O) groups is 1. The lowest BCUT2D eigenvalue weighted by atomic mass is 10.1. The number of nitrogens with zero attached hydrogens (tertiary/aromatic N) is 3. The van der Waals surface area contributed by atoms with Crippen molar-refractivity contribution in [1.82, 2.24) is 9.88 Å². The highest BCUT2D eigenvalue weighted by Gasteiger charge is 2.28. The van der Waals surface area contributed by atoms with Crippen LogP contribution in [-0.2, 0) is 4.74 Å². The van der Waals surface area contributed by atoms with Gasteiger partial charge < -0.3 is 14.4 Å². The number of halogens is 1. The van der Waals surface area contributed by atoms with Gasteiger partial charge in [0.1, 0.15) is 12.4 Å². The van der Waals surface area contributed by atoms with E-state index in [0.717, 1.165) is 27.6 Å². The predicted octanol–water partition coefficient (Wildman–Crippen LogP) is 4.74. The molecule has 2 amide bonds. The first kappa shape index (κ1) is 21.2. The molecule has 0 radical (unpaired) electrons.